The normalized spacial score (nSPS) is 13.0. The molecule has 1 atom stereocenters. The first-order valence-electron chi connectivity index (χ1n) is 12.0. The summed E-state index contributed by atoms with van der Waals surface area (Å²) in [4.78, 5) is 11.6. The maximum atomic E-state index is 11.6. The number of carbonyl (C=O) groups excluding carboxylic acids is 1. The molecule has 0 N–H and O–H groups in total. The summed E-state index contributed by atoms with van der Waals surface area (Å²) in [5.74, 6) is 0.303. The zero-order valence-electron chi connectivity index (χ0n) is 19.0. The predicted molar refractivity (Wildman–Crippen MR) is 119 cm³/mol. The van der Waals surface area contributed by atoms with Gasteiger partial charge in [-0.3, -0.25) is 0 Å². The summed E-state index contributed by atoms with van der Waals surface area (Å²) in [5.41, 5.74) is 0.755. The quantitative estimate of drug-likeness (QED) is 0.128. The second-order valence-electron chi connectivity index (χ2n) is 8.29. The molecule has 160 valence electrons. The molecule has 0 radical (unpaired) electrons. The Hall–Kier alpha value is -0.790. The fraction of sp³-hybridized carbons (Fsp3) is 0.880. The van der Waals surface area contributed by atoms with Crippen LogP contribution in [-0.4, -0.2) is 12.6 Å². The first-order valence-corrected chi connectivity index (χ1v) is 12.0. The van der Waals surface area contributed by atoms with Crippen LogP contribution in [0.15, 0.2) is 11.6 Å². The van der Waals surface area contributed by atoms with Gasteiger partial charge in [0.15, 0.2) is 0 Å². The summed E-state index contributed by atoms with van der Waals surface area (Å²) in [7, 11) is 0. The van der Waals surface area contributed by atoms with Gasteiger partial charge in [-0.25, -0.2) is 4.79 Å². The molecule has 0 amide bonds. The Labute approximate surface area is 170 Å². The lowest BCUT2D eigenvalue weighted by molar-refractivity contribution is -0.138. The lowest BCUT2D eigenvalue weighted by atomic mass is 9.99. The third kappa shape index (κ3) is 18.3. The zero-order valence-corrected chi connectivity index (χ0v) is 19.0. The summed E-state index contributed by atoms with van der Waals surface area (Å²) in [6, 6.07) is 0. The molecule has 0 rings (SSSR count). The molecule has 0 aromatic rings. The van der Waals surface area contributed by atoms with Gasteiger partial charge in [-0.1, -0.05) is 116 Å². The zero-order chi connectivity index (χ0) is 20.2. The number of hydrogen-bond donors (Lipinski definition) is 0. The lowest BCUT2D eigenvalue weighted by Crippen LogP contribution is -2.06. The van der Waals surface area contributed by atoms with E-state index in [4.69, 9.17) is 4.74 Å². The van der Waals surface area contributed by atoms with Gasteiger partial charge in [-0.2, -0.15) is 0 Å². The van der Waals surface area contributed by atoms with Crippen LogP contribution >= 0.6 is 0 Å². The average Bonchev–Trinajstić information content (AvgIpc) is 2.65. The molecule has 0 saturated heterocycles. The predicted octanol–water partition coefficient (Wildman–Crippen LogP) is 8.39. The Bertz CT molecular complexity index is 359. The van der Waals surface area contributed by atoms with Crippen molar-refractivity contribution in [3.05, 3.63) is 11.6 Å². The van der Waals surface area contributed by atoms with Gasteiger partial charge in [0.25, 0.3) is 0 Å². The van der Waals surface area contributed by atoms with Gasteiger partial charge >= 0.3 is 5.97 Å². The van der Waals surface area contributed by atoms with Gasteiger partial charge in [0.1, 0.15) is 0 Å². The van der Waals surface area contributed by atoms with Crippen LogP contribution in [0.1, 0.15) is 130 Å². The van der Waals surface area contributed by atoms with E-state index in [0.717, 1.165) is 5.57 Å². The van der Waals surface area contributed by atoms with E-state index in [1.165, 1.54) is 103 Å². The summed E-state index contributed by atoms with van der Waals surface area (Å²) in [5, 5.41) is 0. The van der Waals surface area contributed by atoms with Crippen LogP contribution < -0.4 is 0 Å². The van der Waals surface area contributed by atoms with Crippen molar-refractivity contribution in [3.8, 4) is 0 Å². The molecule has 27 heavy (non-hydrogen) atoms. The highest BCUT2D eigenvalue weighted by molar-refractivity contribution is 5.87. The van der Waals surface area contributed by atoms with E-state index >= 15 is 0 Å². The summed E-state index contributed by atoms with van der Waals surface area (Å²) < 4.78 is 5.03. The highest BCUT2D eigenvalue weighted by Gasteiger charge is 2.06. The minimum Gasteiger partial charge on any atom is -0.463 e. The molecule has 0 spiro atoms. The van der Waals surface area contributed by atoms with Gasteiger partial charge in [0, 0.05) is 5.57 Å². The maximum Gasteiger partial charge on any atom is 0.333 e. The van der Waals surface area contributed by atoms with E-state index in [1.54, 1.807) is 0 Å². The van der Waals surface area contributed by atoms with E-state index in [1.807, 2.05) is 13.8 Å². The van der Waals surface area contributed by atoms with E-state index in [9.17, 15) is 4.79 Å². The third-order valence-corrected chi connectivity index (χ3v) is 5.39. The average molecular weight is 381 g/mol. The van der Waals surface area contributed by atoms with Crippen LogP contribution in [0.25, 0.3) is 0 Å². The first-order chi connectivity index (χ1) is 13.1. The third-order valence-electron chi connectivity index (χ3n) is 5.39. The van der Waals surface area contributed by atoms with Crippen molar-refractivity contribution in [1.82, 2.24) is 0 Å². The van der Waals surface area contributed by atoms with E-state index in [2.05, 4.69) is 19.9 Å². The minimum absolute atomic E-state index is 0.166. The van der Waals surface area contributed by atoms with Gasteiger partial charge in [-0.15, -0.1) is 0 Å². The molecular formula is C25H48O2. The Morgan fingerprint density at radius 1 is 0.741 bits per heavy atom. The van der Waals surface area contributed by atoms with Crippen LogP contribution in [0, 0.1) is 5.92 Å². The monoisotopic (exact) mass is 380 g/mol. The SMILES string of the molecule is CCCCCCCCCCCCCCCCCC(C)/C=C(\C)C(=O)OCC. The molecule has 1 unspecified atom stereocenters. The molecule has 2 heteroatoms. The van der Waals surface area contributed by atoms with Crippen molar-refractivity contribution in [1.29, 1.82) is 0 Å². The molecular weight excluding hydrogens is 332 g/mol. The fourth-order valence-electron chi connectivity index (χ4n) is 3.66. The Kier molecular flexibility index (Phi) is 19.4. The van der Waals surface area contributed by atoms with Crippen LogP contribution in [0.5, 0.6) is 0 Å². The van der Waals surface area contributed by atoms with Crippen molar-refractivity contribution >= 4 is 5.97 Å². The molecule has 2 nitrogen and oxygen atoms in total. The number of allylic oxidation sites excluding steroid dienone is 1. The van der Waals surface area contributed by atoms with Gasteiger partial charge < -0.3 is 4.74 Å². The molecule has 0 saturated carbocycles. The van der Waals surface area contributed by atoms with Crippen molar-refractivity contribution < 1.29 is 9.53 Å². The number of esters is 1. The second kappa shape index (κ2) is 20.0. The number of unbranched alkanes of at least 4 members (excludes halogenated alkanes) is 14. The molecule has 0 bridgehead atoms. The maximum absolute atomic E-state index is 11.6. The van der Waals surface area contributed by atoms with Crippen molar-refractivity contribution in [2.24, 2.45) is 5.92 Å². The molecule has 0 aliphatic rings. The number of carbonyl (C=O) groups is 1. The number of ether oxygens (including phenoxy) is 1. The van der Waals surface area contributed by atoms with Crippen molar-refractivity contribution in [2.75, 3.05) is 6.61 Å². The highest BCUT2D eigenvalue weighted by Crippen LogP contribution is 2.16. The molecule has 0 fully saturated rings. The van der Waals surface area contributed by atoms with Gasteiger partial charge in [0.2, 0.25) is 0 Å². The van der Waals surface area contributed by atoms with Crippen LogP contribution in [0.4, 0.5) is 0 Å². The van der Waals surface area contributed by atoms with Crippen LogP contribution in [0.2, 0.25) is 0 Å². The molecule has 0 aliphatic heterocycles. The van der Waals surface area contributed by atoms with E-state index < -0.39 is 0 Å². The van der Waals surface area contributed by atoms with Gasteiger partial charge in [-0.05, 0) is 26.2 Å². The van der Waals surface area contributed by atoms with Crippen molar-refractivity contribution in [2.45, 2.75) is 130 Å². The van der Waals surface area contributed by atoms with Crippen LogP contribution in [0.3, 0.4) is 0 Å². The van der Waals surface area contributed by atoms with E-state index in [-0.39, 0.29) is 5.97 Å². The van der Waals surface area contributed by atoms with Crippen molar-refractivity contribution in [3.63, 3.8) is 0 Å². The second-order valence-corrected chi connectivity index (χ2v) is 8.29. The largest absolute Gasteiger partial charge is 0.463 e. The Morgan fingerprint density at radius 3 is 1.56 bits per heavy atom. The Balaban J connectivity index is 3.35. The minimum atomic E-state index is -0.166. The summed E-state index contributed by atoms with van der Waals surface area (Å²) >= 11 is 0. The topological polar surface area (TPSA) is 26.3 Å². The first kappa shape index (κ1) is 26.2. The number of rotatable bonds is 19. The van der Waals surface area contributed by atoms with Crippen LogP contribution in [-0.2, 0) is 9.53 Å². The standard InChI is InChI=1S/C25H48O2/c1-5-7-8-9-10-11-12-13-14-15-16-17-18-19-20-21-23(3)22-24(4)25(26)27-6-2/h22-23H,5-21H2,1-4H3/b24-22+. The molecule has 0 aromatic carbocycles. The smallest absolute Gasteiger partial charge is 0.333 e. The Morgan fingerprint density at radius 2 is 1.15 bits per heavy atom. The molecule has 0 heterocycles. The van der Waals surface area contributed by atoms with Gasteiger partial charge in [0.05, 0.1) is 6.61 Å². The lowest BCUT2D eigenvalue weighted by Gasteiger charge is -2.08. The molecule has 0 aromatic heterocycles. The fourth-order valence-corrected chi connectivity index (χ4v) is 3.66. The summed E-state index contributed by atoms with van der Waals surface area (Å²) in [6.07, 6.45) is 24.3. The molecule has 0 aliphatic carbocycles. The highest BCUT2D eigenvalue weighted by atomic mass is 16.5. The number of hydrogen-bond acceptors (Lipinski definition) is 2. The summed E-state index contributed by atoms with van der Waals surface area (Å²) in [6.45, 7) is 8.66. The van der Waals surface area contributed by atoms with E-state index in [0.29, 0.717) is 12.5 Å².